The van der Waals surface area contributed by atoms with Crippen LogP contribution in [0.25, 0.3) is 10.8 Å². The fourth-order valence-corrected chi connectivity index (χ4v) is 4.42. The van der Waals surface area contributed by atoms with E-state index in [9.17, 15) is 4.79 Å². The van der Waals surface area contributed by atoms with Crippen LogP contribution in [0.2, 0.25) is 5.02 Å². The first-order chi connectivity index (χ1) is 11.1. The minimum absolute atomic E-state index is 0.155. The average molecular weight is 329 g/mol. The monoisotopic (exact) mass is 328 g/mol. The number of hydrogen-bond acceptors (Lipinski definition) is 2. The van der Waals surface area contributed by atoms with Gasteiger partial charge in [-0.1, -0.05) is 35.9 Å². The third-order valence-corrected chi connectivity index (χ3v) is 5.59. The van der Waals surface area contributed by atoms with Crippen LogP contribution in [0.15, 0.2) is 36.4 Å². The van der Waals surface area contributed by atoms with E-state index in [1.54, 1.807) is 0 Å². The lowest BCUT2D eigenvalue weighted by Crippen LogP contribution is -2.47. The highest BCUT2D eigenvalue weighted by Crippen LogP contribution is 2.31. The summed E-state index contributed by atoms with van der Waals surface area (Å²) in [5.74, 6) is 0.754. The summed E-state index contributed by atoms with van der Waals surface area (Å²) in [6.07, 6.45) is 2.35. The van der Waals surface area contributed by atoms with Crippen LogP contribution < -0.4 is 0 Å². The minimum Gasteiger partial charge on any atom is -0.334 e. The highest BCUT2D eigenvalue weighted by atomic mass is 35.5. The minimum atomic E-state index is 0.155. The van der Waals surface area contributed by atoms with Crippen molar-refractivity contribution in [3.8, 4) is 0 Å². The smallest absolute Gasteiger partial charge is 0.254 e. The maximum Gasteiger partial charge on any atom is 0.254 e. The zero-order chi connectivity index (χ0) is 16.0. The number of carbonyl (C=O) groups excluding carboxylic acids is 1. The molecule has 2 aromatic rings. The molecule has 0 aliphatic carbocycles. The van der Waals surface area contributed by atoms with E-state index < -0.39 is 0 Å². The van der Waals surface area contributed by atoms with Crippen LogP contribution in [-0.4, -0.2) is 48.4 Å². The molecule has 23 heavy (non-hydrogen) atoms. The van der Waals surface area contributed by atoms with Crippen molar-refractivity contribution in [2.24, 2.45) is 5.92 Å². The van der Waals surface area contributed by atoms with Crippen molar-refractivity contribution >= 4 is 28.3 Å². The number of piperidine rings is 1. The molecule has 120 valence electrons. The van der Waals surface area contributed by atoms with E-state index in [1.165, 1.54) is 6.42 Å². The van der Waals surface area contributed by atoms with Crippen molar-refractivity contribution in [1.82, 2.24) is 9.80 Å². The molecule has 3 nitrogen and oxygen atoms in total. The highest BCUT2D eigenvalue weighted by molar-refractivity contribution is 6.36. The summed E-state index contributed by atoms with van der Waals surface area (Å²) < 4.78 is 0. The SMILES string of the molecule is CN1C[C@H]2CC[C@@H](C1)N(C(=O)c1cccc3c(Cl)cccc13)C2. The van der Waals surface area contributed by atoms with Gasteiger partial charge in [-0.3, -0.25) is 4.79 Å². The van der Waals surface area contributed by atoms with Crippen molar-refractivity contribution in [2.45, 2.75) is 18.9 Å². The van der Waals surface area contributed by atoms with Gasteiger partial charge in [0, 0.05) is 41.6 Å². The summed E-state index contributed by atoms with van der Waals surface area (Å²) in [6, 6.07) is 12.0. The molecule has 3 aliphatic heterocycles. The summed E-state index contributed by atoms with van der Waals surface area (Å²) in [7, 11) is 2.16. The predicted molar refractivity (Wildman–Crippen MR) is 94.0 cm³/mol. The first-order valence-electron chi connectivity index (χ1n) is 8.30. The fraction of sp³-hybridized carbons (Fsp3) is 0.421. The van der Waals surface area contributed by atoms with Crippen LogP contribution in [-0.2, 0) is 0 Å². The molecule has 0 saturated carbocycles. The molecule has 0 spiro atoms. The van der Waals surface area contributed by atoms with Crippen molar-refractivity contribution < 1.29 is 4.79 Å². The summed E-state index contributed by atoms with van der Waals surface area (Å²) in [5.41, 5.74) is 0.778. The molecule has 0 N–H and O–H groups in total. The predicted octanol–water partition coefficient (Wildman–Crippen LogP) is 3.66. The number of nitrogens with zero attached hydrogens (tertiary/aromatic N) is 2. The quantitative estimate of drug-likeness (QED) is 0.797. The van der Waals surface area contributed by atoms with Crippen LogP contribution in [0.1, 0.15) is 23.2 Å². The van der Waals surface area contributed by atoms with E-state index in [2.05, 4.69) is 16.8 Å². The molecule has 3 fully saturated rings. The molecule has 2 aromatic carbocycles. The van der Waals surface area contributed by atoms with Gasteiger partial charge in [-0.05, 0) is 43.3 Å². The van der Waals surface area contributed by atoms with E-state index in [0.29, 0.717) is 17.0 Å². The van der Waals surface area contributed by atoms with Crippen LogP contribution in [0.4, 0.5) is 0 Å². The normalized spacial score (nSPS) is 24.9. The second-order valence-electron chi connectivity index (χ2n) is 6.92. The highest BCUT2D eigenvalue weighted by Gasteiger charge is 2.36. The second kappa shape index (κ2) is 5.81. The lowest BCUT2D eigenvalue weighted by atomic mass is 9.93. The number of carbonyl (C=O) groups is 1. The van der Waals surface area contributed by atoms with Gasteiger partial charge in [-0.25, -0.2) is 0 Å². The molecule has 0 radical (unpaired) electrons. The molecule has 3 heterocycles. The number of halogens is 1. The number of likely N-dealkylation sites (N-methyl/N-ethyl adjacent to an activating group) is 1. The van der Waals surface area contributed by atoms with E-state index in [4.69, 9.17) is 11.6 Å². The largest absolute Gasteiger partial charge is 0.334 e. The van der Waals surface area contributed by atoms with Gasteiger partial charge < -0.3 is 9.80 Å². The zero-order valence-electron chi connectivity index (χ0n) is 13.3. The number of amides is 1. The molecule has 5 rings (SSSR count). The van der Waals surface area contributed by atoms with Gasteiger partial charge in [-0.15, -0.1) is 0 Å². The Labute approximate surface area is 141 Å². The molecule has 3 saturated heterocycles. The summed E-state index contributed by atoms with van der Waals surface area (Å²) in [4.78, 5) is 17.7. The van der Waals surface area contributed by atoms with Gasteiger partial charge in [0.05, 0.1) is 0 Å². The van der Waals surface area contributed by atoms with Crippen LogP contribution in [0.3, 0.4) is 0 Å². The Balaban J connectivity index is 1.74. The van der Waals surface area contributed by atoms with Gasteiger partial charge in [0.25, 0.3) is 5.91 Å². The molecule has 4 heteroatoms. The van der Waals surface area contributed by atoms with Gasteiger partial charge >= 0.3 is 0 Å². The topological polar surface area (TPSA) is 23.6 Å². The third kappa shape index (κ3) is 2.62. The molecular formula is C19H21ClN2O. The third-order valence-electron chi connectivity index (χ3n) is 5.26. The van der Waals surface area contributed by atoms with Crippen molar-refractivity contribution in [3.63, 3.8) is 0 Å². The summed E-state index contributed by atoms with van der Waals surface area (Å²) in [6.45, 7) is 2.96. The molecule has 2 atom stereocenters. The Morgan fingerprint density at radius 3 is 2.70 bits per heavy atom. The lowest BCUT2D eigenvalue weighted by molar-refractivity contribution is 0.0589. The molecule has 0 unspecified atom stereocenters. The Bertz CT molecular complexity index is 760. The van der Waals surface area contributed by atoms with E-state index in [-0.39, 0.29) is 5.91 Å². The van der Waals surface area contributed by atoms with Crippen LogP contribution >= 0.6 is 11.6 Å². The maximum absolute atomic E-state index is 13.2. The first kappa shape index (κ1) is 15.0. The van der Waals surface area contributed by atoms with Gasteiger partial charge in [0.15, 0.2) is 0 Å². The van der Waals surface area contributed by atoms with Gasteiger partial charge in [-0.2, -0.15) is 0 Å². The zero-order valence-corrected chi connectivity index (χ0v) is 14.1. The Morgan fingerprint density at radius 1 is 1.04 bits per heavy atom. The second-order valence-corrected chi connectivity index (χ2v) is 7.32. The number of hydrogen-bond donors (Lipinski definition) is 0. The fourth-order valence-electron chi connectivity index (χ4n) is 4.18. The number of benzene rings is 2. The number of rotatable bonds is 1. The first-order valence-corrected chi connectivity index (χ1v) is 8.68. The molecular weight excluding hydrogens is 308 g/mol. The lowest BCUT2D eigenvalue weighted by Gasteiger charge is -2.36. The van der Waals surface area contributed by atoms with Crippen molar-refractivity contribution in [3.05, 3.63) is 47.0 Å². The van der Waals surface area contributed by atoms with Crippen LogP contribution in [0, 0.1) is 5.92 Å². The Kier molecular flexibility index (Phi) is 3.78. The molecule has 1 amide bonds. The van der Waals surface area contributed by atoms with Gasteiger partial charge in [0.2, 0.25) is 0 Å². The standard InChI is InChI=1S/C19H21ClN2O/c1-21-10-13-8-9-14(12-21)22(11-13)19(23)17-6-2-5-16-15(17)4-3-7-18(16)20/h2-7,13-14H,8-12H2,1H3/t13-,14+/m1/s1. The molecule has 0 aromatic heterocycles. The molecule has 2 bridgehead atoms. The number of fused-ring (bicyclic) bond motifs is 5. The molecule has 3 aliphatic rings. The van der Waals surface area contributed by atoms with Crippen molar-refractivity contribution in [2.75, 3.05) is 26.7 Å². The van der Waals surface area contributed by atoms with Crippen molar-refractivity contribution in [1.29, 1.82) is 0 Å². The van der Waals surface area contributed by atoms with E-state index in [1.807, 2.05) is 36.4 Å². The Morgan fingerprint density at radius 2 is 1.83 bits per heavy atom. The average Bonchev–Trinajstić information content (AvgIpc) is 2.83. The van der Waals surface area contributed by atoms with E-state index >= 15 is 0 Å². The summed E-state index contributed by atoms with van der Waals surface area (Å²) >= 11 is 6.30. The Hall–Kier alpha value is -1.58. The van der Waals surface area contributed by atoms with E-state index in [0.717, 1.165) is 42.4 Å². The maximum atomic E-state index is 13.2. The summed E-state index contributed by atoms with van der Waals surface area (Å²) in [5, 5.41) is 2.62. The van der Waals surface area contributed by atoms with Gasteiger partial charge in [0.1, 0.15) is 0 Å². The van der Waals surface area contributed by atoms with Crippen LogP contribution in [0.5, 0.6) is 0 Å².